The number of rotatable bonds is 5. The van der Waals surface area contributed by atoms with Gasteiger partial charge in [0.1, 0.15) is 5.70 Å². The molecule has 0 aromatic heterocycles. The third-order valence-corrected chi connectivity index (χ3v) is 5.73. The molecular weight excluding hydrogens is 400 g/mol. The fourth-order valence-electron chi connectivity index (χ4n) is 4.01. The molecule has 2 aliphatic heterocycles. The van der Waals surface area contributed by atoms with E-state index in [0.717, 1.165) is 4.90 Å². The number of carbonyl (C=O) groups excluding carboxylic acids is 4. The molecule has 0 saturated carbocycles. The Morgan fingerprint density at radius 3 is 1.94 bits per heavy atom. The normalized spacial score (nSPS) is 20.4. The second kappa shape index (κ2) is 7.39. The zero-order valence-electron chi connectivity index (χ0n) is 17.2. The number of fused-ring (bicyclic) bond motifs is 1. The van der Waals surface area contributed by atoms with Gasteiger partial charge in [-0.15, -0.1) is 0 Å². The highest BCUT2D eigenvalue weighted by Gasteiger charge is 2.48. The van der Waals surface area contributed by atoms with Crippen LogP contribution in [0.15, 0.2) is 54.2 Å². The van der Waals surface area contributed by atoms with Crippen LogP contribution in [-0.2, 0) is 15.0 Å². The van der Waals surface area contributed by atoms with Crippen molar-refractivity contribution >= 4 is 23.6 Å². The molecule has 0 fully saturated rings. The Kier molecular flexibility index (Phi) is 4.85. The van der Waals surface area contributed by atoms with Gasteiger partial charge in [0, 0.05) is 0 Å². The topological polar surface area (TPSA) is 102 Å². The zero-order chi connectivity index (χ0) is 22.3. The molecule has 0 bridgehead atoms. The number of nitrogens with zero attached hydrogens (tertiary/aromatic N) is 1. The highest BCUT2D eigenvalue weighted by molar-refractivity contribution is 6.27. The summed E-state index contributed by atoms with van der Waals surface area (Å²) in [5, 5.41) is 2.32. The van der Waals surface area contributed by atoms with Crippen molar-refractivity contribution in [3.8, 4) is 11.5 Å². The van der Waals surface area contributed by atoms with Crippen molar-refractivity contribution < 1.29 is 28.7 Å². The molecule has 0 radical (unpaired) electrons. The predicted molar refractivity (Wildman–Crippen MR) is 110 cm³/mol. The van der Waals surface area contributed by atoms with Crippen molar-refractivity contribution in [2.75, 3.05) is 14.2 Å². The lowest BCUT2D eigenvalue weighted by molar-refractivity contribution is -0.133. The van der Waals surface area contributed by atoms with Crippen LogP contribution >= 0.6 is 0 Å². The highest BCUT2D eigenvalue weighted by atomic mass is 16.5. The molecule has 2 aromatic carbocycles. The Morgan fingerprint density at radius 2 is 1.45 bits per heavy atom. The molecule has 31 heavy (non-hydrogen) atoms. The van der Waals surface area contributed by atoms with Gasteiger partial charge in [-0.3, -0.25) is 24.5 Å². The molecule has 1 unspecified atom stereocenters. The lowest BCUT2D eigenvalue weighted by Crippen LogP contribution is -2.53. The number of hydrogen-bond donors (Lipinski definition) is 1. The number of carbonyl (C=O) groups is 4. The fourth-order valence-corrected chi connectivity index (χ4v) is 4.01. The largest absolute Gasteiger partial charge is 0.493 e. The summed E-state index contributed by atoms with van der Waals surface area (Å²) in [6, 6.07) is 11.7. The second-order valence-electron chi connectivity index (χ2n) is 7.20. The molecule has 4 rings (SSSR count). The molecule has 1 atom stereocenters. The van der Waals surface area contributed by atoms with E-state index in [9.17, 15) is 19.2 Å². The first-order valence-corrected chi connectivity index (χ1v) is 9.67. The van der Waals surface area contributed by atoms with Gasteiger partial charge in [0.2, 0.25) is 5.91 Å². The third-order valence-electron chi connectivity index (χ3n) is 5.73. The van der Waals surface area contributed by atoms with Crippen molar-refractivity contribution in [3.63, 3.8) is 0 Å². The van der Waals surface area contributed by atoms with Gasteiger partial charge < -0.3 is 9.47 Å². The Balaban J connectivity index is 1.86. The molecule has 8 heteroatoms. The summed E-state index contributed by atoms with van der Waals surface area (Å²) in [5.74, 6) is -2.08. The monoisotopic (exact) mass is 420 g/mol. The number of benzene rings is 2. The molecule has 0 spiro atoms. The first-order valence-electron chi connectivity index (χ1n) is 9.67. The maximum atomic E-state index is 13.1. The molecular formula is C23H20N2O6. The number of methoxy groups -OCH3 is 2. The number of nitrogens with one attached hydrogen (secondary N) is 1. The van der Waals surface area contributed by atoms with E-state index in [1.807, 2.05) is 6.07 Å². The zero-order valence-corrected chi connectivity index (χ0v) is 17.2. The predicted octanol–water partition coefficient (Wildman–Crippen LogP) is 2.19. The first kappa shape index (κ1) is 20.3. The van der Waals surface area contributed by atoms with E-state index in [0.29, 0.717) is 12.0 Å². The second-order valence-corrected chi connectivity index (χ2v) is 7.20. The Hall–Kier alpha value is -3.94. The Bertz CT molecular complexity index is 1110. The molecule has 2 heterocycles. The number of imide groups is 2. The highest BCUT2D eigenvalue weighted by Crippen LogP contribution is 2.39. The van der Waals surface area contributed by atoms with Crippen LogP contribution in [0.25, 0.3) is 0 Å². The number of amides is 4. The van der Waals surface area contributed by atoms with E-state index < -0.39 is 29.0 Å². The van der Waals surface area contributed by atoms with Gasteiger partial charge in [-0.05, 0) is 30.2 Å². The van der Waals surface area contributed by atoms with Crippen LogP contribution in [0.5, 0.6) is 11.5 Å². The van der Waals surface area contributed by atoms with Crippen molar-refractivity contribution in [2.24, 2.45) is 0 Å². The van der Waals surface area contributed by atoms with Crippen molar-refractivity contribution in [1.29, 1.82) is 0 Å². The van der Waals surface area contributed by atoms with Crippen LogP contribution in [-0.4, -0.2) is 42.7 Å². The Morgan fingerprint density at radius 1 is 0.903 bits per heavy atom. The summed E-state index contributed by atoms with van der Waals surface area (Å²) in [4.78, 5) is 52.7. The van der Waals surface area contributed by atoms with Gasteiger partial charge in [-0.25, -0.2) is 4.90 Å². The van der Waals surface area contributed by atoms with Crippen molar-refractivity contribution in [1.82, 2.24) is 10.2 Å². The van der Waals surface area contributed by atoms with Crippen LogP contribution in [0.3, 0.4) is 0 Å². The van der Waals surface area contributed by atoms with Gasteiger partial charge in [-0.2, -0.15) is 0 Å². The van der Waals surface area contributed by atoms with Crippen molar-refractivity contribution in [3.05, 3.63) is 70.9 Å². The van der Waals surface area contributed by atoms with Gasteiger partial charge in [0.05, 0.1) is 30.8 Å². The molecule has 8 nitrogen and oxygen atoms in total. The summed E-state index contributed by atoms with van der Waals surface area (Å²) in [6.07, 6.45) is 1.74. The SMILES string of the molecule is CCC1(c2ccccc2)C=C(N2C(=O)c3cc(OC)c(OC)cc3C2=O)C(=O)NC1=O. The molecule has 0 aliphatic carbocycles. The van der Waals surface area contributed by atoms with Gasteiger partial charge in [0.25, 0.3) is 17.7 Å². The third kappa shape index (κ3) is 2.91. The minimum Gasteiger partial charge on any atom is -0.493 e. The lowest BCUT2D eigenvalue weighted by Gasteiger charge is -2.34. The standard InChI is InChI=1S/C23H20N2O6/c1-4-23(13-8-6-5-7-9-13)12-16(19(26)24-22(23)29)25-20(27)14-10-17(30-2)18(31-3)11-15(14)21(25)28/h5-12H,4H2,1-3H3,(H,24,26,29). The van der Waals surface area contributed by atoms with Crippen molar-refractivity contribution in [2.45, 2.75) is 18.8 Å². The number of hydrogen-bond acceptors (Lipinski definition) is 6. The summed E-state index contributed by atoms with van der Waals surface area (Å²) in [5.41, 5.74) is -0.547. The quantitative estimate of drug-likeness (QED) is 0.744. The summed E-state index contributed by atoms with van der Waals surface area (Å²) >= 11 is 0. The smallest absolute Gasteiger partial charge is 0.274 e. The molecule has 0 saturated heterocycles. The molecule has 158 valence electrons. The van der Waals surface area contributed by atoms with E-state index >= 15 is 0 Å². The van der Waals surface area contributed by atoms with E-state index in [1.165, 1.54) is 32.4 Å². The molecule has 2 aliphatic rings. The Labute approximate surface area is 178 Å². The van der Waals surface area contributed by atoms with E-state index in [4.69, 9.17) is 9.47 Å². The molecule has 4 amide bonds. The molecule has 1 N–H and O–H groups in total. The van der Waals surface area contributed by atoms with Crippen LogP contribution < -0.4 is 14.8 Å². The summed E-state index contributed by atoms with van der Waals surface area (Å²) in [7, 11) is 2.84. The van der Waals surface area contributed by atoms with Crippen LogP contribution in [0.1, 0.15) is 39.6 Å². The maximum Gasteiger partial charge on any atom is 0.274 e. The number of ether oxygens (including phenoxy) is 2. The van der Waals surface area contributed by atoms with Crippen LogP contribution in [0, 0.1) is 0 Å². The minimum atomic E-state index is -1.20. The summed E-state index contributed by atoms with van der Waals surface area (Å²) < 4.78 is 10.4. The van der Waals surface area contributed by atoms with Gasteiger partial charge in [-0.1, -0.05) is 37.3 Å². The average Bonchev–Trinajstić information content (AvgIpc) is 3.03. The summed E-state index contributed by atoms with van der Waals surface area (Å²) in [6.45, 7) is 1.80. The van der Waals surface area contributed by atoms with Gasteiger partial charge in [0.15, 0.2) is 11.5 Å². The van der Waals surface area contributed by atoms with E-state index in [1.54, 1.807) is 31.2 Å². The average molecular weight is 420 g/mol. The van der Waals surface area contributed by atoms with E-state index in [2.05, 4.69) is 5.32 Å². The van der Waals surface area contributed by atoms with Crippen LogP contribution in [0.4, 0.5) is 0 Å². The lowest BCUT2D eigenvalue weighted by atomic mass is 9.75. The molecule has 2 aromatic rings. The van der Waals surface area contributed by atoms with E-state index in [-0.39, 0.29) is 28.3 Å². The van der Waals surface area contributed by atoms with Crippen LogP contribution in [0.2, 0.25) is 0 Å². The fraction of sp³-hybridized carbons (Fsp3) is 0.217. The minimum absolute atomic E-state index is 0.0926. The van der Waals surface area contributed by atoms with Gasteiger partial charge >= 0.3 is 0 Å². The maximum absolute atomic E-state index is 13.1. The first-order chi connectivity index (χ1) is 14.9.